The number of aliphatic hydroxyl groups is 5. The van der Waals surface area contributed by atoms with Crippen LogP contribution >= 0.6 is 0 Å². The van der Waals surface area contributed by atoms with Gasteiger partial charge in [0, 0.05) is 0 Å². The molecule has 0 fully saturated rings. The zero-order chi connectivity index (χ0) is 10.6. The van der Waals surface area contributed by atoms with Crippen LogP contribution in [0.15, 0.2) is 0 Å². The molecule has 4 unspecified atom stereocenters. The average molecular weight is 220 g/mol. The molecule has 7 nitrogen and oxygen atoms in total. The van der Waals surface area contributed by atoms with Gasteiger partial charge in [-0.15, -0.1) is 0 Å². The Kier molecular flexibility index (Phi) is 9.00. The third-order valence-corrected chi connectivity index (χ3v) is 1.51. The summed E-state index contributed by atoms with van der Waals surface area (Å²) in [7, 11) is 0. The van der Waals surface area contributed by atoms with Crippen LogP contribution in [0.3, 0.4) is 0 Å². The first-order valence-electron chi connectivity index (χ1n) is 3.47. The van der Waals surface area contributed by atoms with Crippen molar-refractivity contribution in [3.8, 4) is 0 Å². The van der Waals surface area contributed by atoms with Crippen molar-refractivity contribution in [1.82, 2.24) is 0 Å². The van der Waals surface area contributed by atoms with E-state index in [0.29, 0.717) is 0 Å². The van der Waals surface area contributed by atoms with Crippen LogP contribution in [-0.2, 0) is 4.79 Å². The fourth-order valence-electron chi connectivity index (χ4n) is 0.668. The number of carboxylic acid groups (broad SMARTS) is 1. The Labute approximate surface area is 103 Å². The van der Waals surface area contributed by atoms with Gasteiger partial charge in [0.25, 0.3) is 0 Å². The van der Waals surface area contributed by atoms with E-state index in [2.05, 4.69) is 0 Å². The van der Waals surface area contributed by atoms with E-state index in [1.54, 1.807) is 0 Å². The van der Waals surface area contributed by atoms with E-state index in [4.69, 9.17) is 30.6 Å². The second kappa shape index (κ2) is 7.55. The maximum absolute atomic E-state index is 10.1. The number of aliphatic hydroxyl groups excluding tert-OH is 5. The molecule has 0 aliphatic rings. The van der Waals surface area contributed by atoms with E-state index in [-0.39, 0.29) is 31.0 Å². The summed E-state index contributed by atoms with van der Waals surface area (Å²) < 4.78 is 0. The van der Waals surface area contributed by atoms with Crippen LogP contribution in [-0.4, -0.2) is 67.6 Å². The van der Waals surface area contributed by atoms with Crippen LogP contribution in [0, 0.1) is 0 Å². The minimum absolute atomic E-state index is 0. The van der Waals surface area contributed by atoms with E-state index < -0.39 is 37.0 Å². The van der Waals surface area contributed by atoms with Gasteiger partial charge in [-0.25, -0.2) is 4.79 Å². The molecule has 0 aromatic carbocycles. The molecule has 0 aromatic rings. The third kappa shape index (κ3) is 4.67. The minimum atomic E-state index is -2.20. The van der Waals surface area contributed by atoms with Crippen molar-refractivity contribution >= 4 is 5.97 Å². The van der Waals surface area contributed by atoms with Crippen LogP contribution < -0.4 is 29.6 Å². The summed E-state index contributed by atoms with van der Waals surface area (Å²) in [4.78, 5) is 10.1. The summed E-state index contributed by atoms with van der Waals surface area (Å²) in [6, 6.07) is 0. The van der Waals surface area contributed by atoms with E-state index >= 15 is 0 Å². The third-order valence-electron chi connectivity index (χ3n) is 1.51. The van der Waals surface area contributed by atoms with E-state index in [9.17, 15) is 4.79 Å². The van der Waals surface area contributed by atoms with Crippen LogP contribution in [0.5, 0.6) is 0 Å². The molecule has 0 aliphatic heterocycles. The van der Waals surface area contributed by atoms with Gasteiger partial charge in [0.15, 0.2) is 6.10 Å². The van der Waals surface area contributed by atoms with Crippen LogP contribution in [0.4, 0.5) is 0 Å². The zero-order valence-electron chi connectivity index (χ0n) is 8.61. The Morgan fingerprint density at radius 1 is 1.14 bits per heavy atom. The fourth-order valence-corrected chi connectivity index (χ4v) is 0.668. The molecule has 0 radical (unpaired) electrons. The van der Waals surface area contributed by atoms with Gasteiger partial charge in [-0.2, -0.15) is 0 Å². The Hall–Kier alpha value is 0.270. The van der Waals surface area contributed by atoms with Crippen molar-refractivity contribution < 1.29 is 66.4 Å². The van der Waals surface area contributed by atoms with Crippen molar-refractivity contribution in [2.75, 3.05) is 6.61 Å². The summed E-state index contributed by atoms with van der Waals surface area (Å²) in [5.41, 5.74) is 0. The van der Waals surface area contributed by atoms with Gasteiger partial charge in [0.1, 0.15) is 18.3 Å². The van der Waals surface area contributed by atoms with Crippen molar-refractivity contribution in [2.45, 2.75) is 24.4 Å². The monoisotopic (exact) mass is 220 g/mol. The van der Waals surface area contributed by atoms with Gasteiger partial charge in [-0.3, -0.25) is 0 Å². The van der Waals surface area contributed by atoms with Crippen LogP contribution in [0.1, 0.15) is 1.43 Å². The van der Waals surface area contributed by atoms with E-state index in [1.165, 1.54) is 0 Å². The first-order valence-corrected chi connectivity index (χ1v) is 3.47. The van der Waals surface area contributed by atoms with Crippen LogP contribution in [0.25, 0.3) is 0 Å². The smallest absolute Gasteiger partial charge is 1.00 e. The van der Waals surface area contributed by atoms with Gasteiger partial charge >= 0.3 is 35.5 Å². The largest absolute Gasteiger partial charge is 1.00 e. The number of rotatable bonds is 5. The van der Waals surface area contributed by atoms with Gasteiger partial charge in [-0.05, 0) is 0 Å². The zero-order valence-corrected chi connectivity index (χ0v) is 9.61. The summed E-state index contributed by atoms with van der Waals surface area (Å²) in [5.74, 6) is -1.73. The quantitative estimate of drug-likeness (QED) is 0.253. The molecule has 0 aromatic heterocycles. The molecule has 0 aliphatic carbocycles. The second-order valence-electron chi connectivity index (χ2n) is 2.51. The molecular weight excluding hydrogens is 207 g/mol. The molecule has 0 saturated heterocycles. The standard InChI is InChI=1S/C6H12O7.Na.H/c7-1-2(8)3(9)4(10)5(11)6(12)13;;/h2-5,7-11H,1H2,(H,12,13);;/q;+1;-1. The molecule has 14 heavy (non-hydrogen) atoms. The predicted octanol–water partition coefficient (Wildman–Crippen LogP) is -6.38. The first kappa shape index (κ1) is 16.7. The Bertz CT molecular complexity index is 181. The molecule has 8 heteroatoms. The fraction of sp³-hybridized carbons (Fsp3) is 0.833. The van der Waals surface area contributed by atoms with Crippen LogP contribution in [0.2, 0.25) is 0 Å². The van der Waals surface area contributed by atoms with Crippen molar-refractivity contribution in [3.63, 3.8) is 0 Å². The predicted molar refractivity (Wildman–Crippen MR) is 39.9 cm³/mol. The maximum Gasteiger partial charge on any atom is 1.00 e. The molecule has 0 amide bonds. The summed E-state index contributed by atoms with van der Waals surface area (Å²) in [5, 5.41) is 51.8. The summed E-state index contributed by atoms with van der Waals surface area (Å²) in [6.45, 7) is -0.843. The normalized spacial score (nSPS) is 18.9. The number of hydrogen-bond acceptors (Lipinski definition) is 6. The molecule has 6 N–H and O–H groups in total. The molecule has 0 rings (SSSR count). The van der Waals surface area contributed by atoms with Gasteiger partial charge in [0.2, 0.25) is 0 Å². The molecule has 0 bridgehead atoms. The second-order valence-corrected chi connectivity index (χ2v) is 2.51. The summed E-state index contributed by atoms with van der Waals surface area (Å²) >= 11 is 0. The minimum Gasteiger partial charge on any atom is -1.00 e. The Morgan fingerprint density at radius 3 is 1.86 bits per heavy atom. The molecular formula is C6H13NaO7. The van der Waals surface area contributed by atoms with E-state index in [1.807, 2.05) is 0 Å². The molecule has 0 heterocycles. The molecule has 80 valence electrons. The average Bonchev–Trinajstić information content (AvgIpc) is 2.12. The molecule has 0 spiro atoms. The first-order chi connectivity index (χ1) is 5.91. The van der Waals surface area contributed by atoms with Gasteiger partial charge in [-0.1, -0.05) is 0 Å². The SMILES string of the molecule is O=C(O)C(O)C(O)C(O)C(O)CO.[H-].[Na+]. The summed E-state index contributed by atoms with van der Waals surface area (Å²) in [6.07, 6.45) is -7.84. The molecule has 0 saturated carbocycles. The maximum atomic E-state index is 10.1. The number of carbonyl (C=O) groups is 1. The van der Waals surface area contributed by atoms with Crippen molar-refractivity contribution in [2.24, 2.45) is 0 Å². The van der Waals surface area contributed by atoms with E-state index in [0.717, 1.165) is 0 Å². The Balaban J connectivity index is -0.000000720. The van der Waals surface area contributed by atoms with Crippen molar-refractivity contribution in [1.29, 1.82) is 0 Å². The number of carboxylic acids is 1. The molecule has 4 atom stereocenters. The van der Waals surface area contributed by atoms with Gasteiger partial charge in [0.05, 0.1) is 6.61 Å². The number of aliphatic carboxylic acids is 1. The Morgan fingerprint density at radius 2 is 1.57 bits per heavy atom. The number of hydrogen-bond donors (Lipinski definition) is 6. The topological polar surface area (TPSA) is 138 Å². The van der Waals surface area contributed by atoms with Crippen molar-refractivity contribution in [3.05, 3.63) is 0 Å². The van der Waals surface area contributed by atoms with Gasteiger partial charge < -0.3 is 32.1 Å².